The number of aliphatic hydroxyl groups excluding tert-OH is 1. The number of fused-ring (bicyclic) bond motifs is 2. The number of pyridine rings is 1. The first kappa shape index (κ1) is 10.1. The third kappa shape index (κ3) is 1.42. The first-order valence-electron chi connectivity index (χ1n) is 6.22. The molecule has 0 saturated carbocycles. The smallest absolute Gasteiger partial charge is 0.224 e. The van der Waals surface area contributed by atoms with E-state index < -0.39 is 6.10 Å². The Bertz CT molecular complexity index is 428. The van der Waals surface area contributed by atoms with Crippen molar-refractivity contribution in [2.75, 3.05) is 0 Å². The standard InChI is InChI=1S/C13H17NO2/c15-12-7-3-5-10-8-9-4-1-2-6-11(9)14(16)13(10)12/h8,12,15H,1-7H2. The van der Waals surface area contributed by atoms with Gasteiger partial charge in [0, 0.05) is 17.5 Å². The van der Waals surface area contributed by atoms with Crippen molar-refractivity contribution >= 4 is 0 Å². The molecule has 2 aliphatic rings. The molecule has 0 spiro atoms. The van der Waals surface area contributed by atoms with E-state index in [1.165, 1.54) is 12.0 Å². The molecular weight excluding hydrogens is 202 g/mol. The second-order valence-corrected chi connectivity index (χ2v) is 4.94. The van der Waals surface area contributed by atoms with Gasteiger partial charge < -0.3 is 10.3 Å². The Kier molecular flexibility index (Phi) is 2.36. The molecule has 1 atom stereocenters. The molecule has 1 aromatic heterocycles. The highest BCUT2D eigenvalue weighted by Crippen LogP contribution is 2.30. The van der Waals surface area contributed by atoms with Crippen LogP contribution < -0.4 is 4.73 Å². The lowest BCUT2D eigenvalue weighted by Gasteiger charge is -2.24. The van der Waals surface area contributed by atoms with Crippen LogP contribution in [0.3, 0.4) is 0 Å². The summed E-state index contributed by atoms with van der Waals surface area (Å²) < 4.78 is 1.04. The van der Waals surface area contributed by atoms with Crippen molar-refractivity contribution in [2.45, 2.75) is 51.0 Å². The fourth-order valence-electron chi connectivity index (χ4n) is 3.03. The van der Waals surface area contributed by atoms with E-state index in [9.17, 15) is 10.3 Å². The molecule has 0 radical (unpaired) electrons. The molecule has 86 valence electrons. The molecule has 1 heterocycles. The molecule has 3 rings (SSSR count). The molecule has 0 saturated heterocycles. The van der Waals surface area contributed by atoms with Crippen molar-refractivity contribution in [1.29, 1.82) is 0 Å². The van der Waals surface area contributed by atoms with Crippen LogP contribution in [0.4, 0.5) is 0 Å². The number of hydrogen-bond acceptors (Lipinski definition) is 2. The Morgan fingerprint density at radius 2 is 1.88 bits per heavy atom. The van der Waals surface area contributed by atoms with Crippen molar-refractivity contribution in [3.05, 3.63) is 33.8 Å². The third-order valence-corrected chi connectivity index (χ3v) is 3.86. The number of hydrogen-bond donors (Lipinski definition) is 1. The fourth-order valence-corrected chi connectivity index (χ4v) is 3.03. The van der Waals surface area contributed by atoms with Gasteiger partial charge in [0.2, 0.25) is 5.69 Å². The van der Waals surface area contributed by atoms with Crippen molar-refractivity contribution in [2.24, 2.45) is 0 Å². The summed E-state index contributed by atoms with van der Waals surface area (Å²) in [5.74, 6) is 0. The van der Waals surface area contributed by atoms with Crippen LogP contribution in [0, 0.1) is 5.21 Å². The highest BCUT2D eigenvalue weighted by atomic mass is 16.5. The van der Waals surface area contributed by atoms with Crippen LogP contribution in [0.5, 0.6) is 0 Å². The maximum Gasteiger partial charge on any atom is 0.224 e. The minimum Gasteiger partial charge on any atom is -0.618 e. The second-order valence-electron chi connectivity index (χ2n) is 4.94. The number of aromatic nitrogens is 1. The molecule has 3 nitrogen and oxygen atoms in total. The molecule has 0 aliphatic heterocycles. The third-order valence-electron chi connectivity index (χ3n) is 3.86. The van der Waals surface area contributed by atoms with Crippen molar-refractivity contribution in [1.82, 2.24) is 0 Å². The van der Waals surface area contributed by atoms with E-state index in [1.54, 1.807) is 0 Å². The summed E-state index contributed by atoms with van der Waals surface area (Å²) in [6.07, 6.45) is 6.31. The summed E-state index contributed by atoms with van der Waals surface area (Å²) in [5.41, 5.74) is 3.83. The zero-order valence-electron chi connectivity index (χ0n) is 9.41. The van der Waals surface area contributed by atoms with Crippen molar-refractivity contribution < 1.29 is 9.84 Å². The summed E-state index contributed by atoms with van der Waals surface area (Å²) in [6.45, 7) is 0. The summed E-state index contributed by atoms with van der Waals surface area (Å²) >= 11 is 0. The Hall–Kier alpha value is -1.09. The van der Waals surface area contributed by atoms with Gasteiger partial charge in [-0.3, -0.25) is 0 Å². The zero-order valence-corrected chi connectivity index (χ0v) is 9.41. The van der Waals surface area contributed by atoms with Gasteiger partial charge in [-0.25, -0.2) is 0 Å². The van der Waals surface area contributed by atoms with Crippen LogP contribution in [0.2, 0.25) is 0 Å². The topological polar surface area (TPSA) is 47.2 Å². The Morgan fingerprint density at radius 1 is 1.12 bits per heavy atom. The molecule has 0 amide bonds. The van der Waals surface area contributed by atoms with Crippen LogP contribution >= 0.6 is 0 Å². The predicted octanol–water partition coefficient (Wildman–Crippen LogP) is 1.57. The lowest BCUT2D eigenvalue weighted by Crippen LogP contribution is -2.42. The van der Waals surface area contributed by atoms with Gasteiger partial charge >= 0.3 is 0 Å². The highest BCUT2D eigenvalue weighted by Gasteiger charge is 2.30. The van der Waals surface area contributed by atoms with E-state index in [0.29, 0.717) is 5.69 Å². The molecule has 16 heavy (non-hydrogen) atoms. The zero-order chi connectivity index (χ0) is 11.1. The van der Waals surface area contributed by atoms with Gasteiger partial charge in [0.15, 0.2) is 5.69 Å². The van der Waals surface area contributed by atoms with Gasteiger partial charge in [0.05, 0.1) is 0 Å². The molecule has 1 unspecified atom stereocenters. The average Bonchev–Trinajstić information content (AvgIpc) is 2.29. The molecule has 1 aromatic rings. The average molecular weight is 219 g/mol. The quantitative estimate of drug-likeness (QED) is 0.532. The van der Waals surface area contributed by atoms with E-state index in [0.717, 1.165) is 54.5 Å². The van der Waals surface area contributed by atoms with Crippen LogP contribution in [-0.2, 0) is 19.3 Å². The first-order chi connectivity index (χ1) is 7.77. The largest absolute Gasteiger partial charge is 0.618 e. The number of aryl methyl sites for hydroxylation is 2. The van der Waals surface area contributed by atoms with Crippen LogP contribution in [0.1, 0.15) is 54.3 Å². The lowest BCUT2D eigenvalue weighted by molar-refractivity contribution is -0.628. The first-order valence-corrected chi connectivity index (χ1v) is 6.22. The molecule has 0 aromatic carbocycles. The monoisotopic (exact) mass is 219 g/mol. The number of rotatable bonds is 0. The van der Waals surface area contributed by atoms with Gasteiger partial charge in [0.1, 0.15) is 6.10 Å². The van der Waals surface area contributed by atoms with Gasteiger partial charge in [-0.05, 0) is 44.6 Å². The predicted molar refractivity (Wildman–Crippen MR) is 59.9 cm³/mol. The SMILES string of the molecule is [O-][n+]1c2c(cc3c1C(O)CCC3)CCCC2. The van der Waals surface area contributed by atoms with Crippen molar-refractivity contribution in [3.63, 3.8) is 0 Å². The van der Waals surface area contributed by atoms with Crippen LogP contribution in [-0.4, -0.2) is 5.11 Å². The number of nitrogens with zero attached hydrogens (tertiary/aromatic N) is 1. The summed E-state index contributed by atoms with van der Waals surface area (Å²) in [5, 5.41) is 22.1. The maximum atomic E-state index is 12.2. The summed E-state index contributed by atoms with van der Waals surface area (Å²) in [6, 6.07) is 2.17. The minimum atomic E-state index is -0.548. The van der Waals surface area contributed by atoms with E-state index in [-0.39, 0.29) is 0 Å². The summed E-state index contributed by atoms with van der Waals surface area (Å²) in [4.78, 5) is 0. The Labute approximate surface area is 95.3 Å². The molecule has 0 fully saturated rings. The Morgan fingerprint density at radius 3 is 2.75 bits per heavy atom. The number of aliphatic hydroxyl groups is 1. The van der Waals surface area contributed by atoms with E-state index in [2.05, 4.69) is 6.07 Å². The van der Waals surface area contributed by atoms with Gasteiger partial charge in [-0.1, -0.05) is 0 Å². The van der Waals surface area contributed by atoms with Gasteiger partial charge in [0.25, 0.3) is 0 Å². The van der Waals surface area contributed by atoms with Gasteiger partial charge in [-0.2, -0.15) is 4.73 Å². The molecule has 1 N–H and O–H groups in total. The van der Waals surface area contributed by atoms with E-state index >= 15 is 0 Å². The molecule has 2 aliphatic carbocycles. The van der Waals surface area contributed by atoms with E-state index in [1.807, 2.05) is 0 Å². The Balaban J connectivity index is 2.18. The fraction of sp³-hybridized carbons (Fsp3) is 0.615. The highest BCUT2D eigenvalue weighted by molar-refractivity contribution is 5.30. The van der Waals surface area contributed by atoms with Crippen LogP contribution in [0.15, 0.2) is 6.07 Å². The second kappa shape index (κ2) is 3.74. The van der Waals surface area contributed by atoms with Crippen molar-refractivity contribution in [3.8, 4) is 0 Å². The molecule has 0 bridgehead atoms. The lowest BCUT2D eigenvalue weighted by atomic mass is 9.88. The summed E-state index contributed by atoms with van der Waals surface area (Å²) in [7, 11) is 0. The maximum absolute atomic E-state index is 12.2. The van der Waals surface area contributed by atoms with Crippen LogP contribution in [0.25, 0.3) is 0 Å². The van der Waals surface area contributed by atoms with Gasteiger partial charge in [-0.15, -0.1) is 0 Å². The van der Waals surface area contributed by atoms with E-state index in [4.69, 9.17) is 0 Å². The normalized spacial score (nSPS) is 23.7. The minimum absolute atomic E-state index is 0.548. The molecular formula is C13H17NO2. The molecule has 3 heteroatoms.